The third-order valence-corrected chi connectivity index (χ3v) is 4.29. The van der Waals surface area contributed by atoms with Gasteiger partial charge in [0.1, 0.15) is 5.82 Å². The Labute approximate surface area is 142 Å². The summed E-state index contributed by atoms with van der Waals surface area (Å²) in [5.41, 5.74) is 0.293. The predicted molar refractivity (Wildman–Crippen MR) is 85.2 cm³/mol. The largest absolute Gasteiger partial charge is 0.366 e. The van der Waals surface area contributed by atoms with Gasteiger partial charge in [-0.25, -0.2) is 17.6 Å². The number of carbonyl (C=O) groups is 1. The van der Waals surface area contributed by atoms with Crippen LogP contribution in [0.5, 0.6) is 0 Å². The van der Waals surface area contributed by atoms with Gasteiger partial charge in [-0.1, -0.05) is 18.2 Å². The van der Waals surface area contributed by atoms with E-state index in [-0.39, 0.29) is 31.1 Å². The van der Waals surface area contributed by atoms with Crippen molar-refractivity contribution in [1.29, 1.82) is 0 Å². The lowest BCUT2D eigenvalue weighted by atomic mass is 10.1. The molecule has 2 aromatic carbocycles. The maximum atomic E-state index is 13.9. The predicted octanol–water partition coefficient (Wildman–Crippen LogP) is 3.13. The van der Waals surface area contributed by atoms with Gasteiger partial charge >= 0.3 is 0 Å². The monoisotopic (exact) mass is 352 g/mol. The van der Waals surface area contributed by atoms with Gasteiger partial charge in [-0.05, 0) is 23.8 Å². The number of hydrogen-bond acceptors (Lipinski definition) is 2. The minimum absolute atomic E-state index is 0.0277. The van der Waals surface area contributed by atoms with Gasteiger partial charge in [-0.3, -0.25) is 4.79 Å². The number of carbonyl (C=O) groups excluding carboxylic acids is 1. The second kappa shape index (κ2) is 7.13. The molecule has 0 saturated carbocycles. The number of amides is 1. The molecule has 1 amide bonds. The Hall–Kier alpha value is -2.57. The van der Waals surface area contributed by atoms with E-state index in [9.17, 15) is 22.4 Å². The van der Waals surface area contributed by atoms with Crippen LogP contribution in [0.15, 0.2) is 36.4 Å². The van der Waals surface area contributed by atoms with Crippen LogP contribution in [0.1, 0.15) is 5.56 Å². The summed E-state index contributed by atoms with van der Waals surface area (Å²) in [6, 6.07) is 8.13. The van der Waals surface area contributed by atoms with Crippen molar-refractivity contribution in [1.82, 2.24) is 4.90 Å². The lowest BCUT2D eigenvalue weighted by Crippen LogP contribution is -2.49. The smallest absolute Gasteiger partial charge is 0.227 e. The number of nitrogens with zero attached hydrogens (tertiary/aromatic N) is 2. The maximum absolute atomic E-state index is 13.9. The van der Waals surface area contributed by atoms with Gasteiger partial charge in [0.15, 0.2) is 17.5 Å². The molecule has 0 bridgehead atoms. The lowest BCUT2D eigenvalue weighted by molar-refractivity contribution is -0.130. The number of benzene rings is 2. The summed E-state index contributed by atoms with van der Waals surface area (Å²) in [6.45, 7) is 1.16. The molecular formula is C18H16F4N2O. The molecule has 1 fully saturated rings. The Morgan fingerprint density at radius 3 is 2.20 bits per heavy atom. The quantitative estimate of drug-likeness (QED) is 0.626. The second-order valence-electron chi connectivity index (χ2n) is 5.83. The first kappa shape index (κ1) is 17.3. The molecule has 0 aromatic heterocycles. The average molecular weight is 352 g/mol. The first-order valence-electron chi connectivity index (χ1n) is 7.87. The van der Waals surface area contributed by atoms with Crippen LogP contribution in [0.25, 0.3) is 0 Å². The summed E-state index contributed by atoms with van der Waals surface area (Å²) in [5.74, 6) is -4.63. The van der Waals surface area contributed by atoms with Crippen LogP contribution in [0.3, 0.4) is 0 Å². The highest BCUT2D eigenvalue weighted by Crippen LogP contribution is 2.24. The summed E-state index contributed by atoms with van der Waals surface area (Å²) in [5, 5.41) is 0. The third-order valence-electron chi connectivity index (χ3n) is 4.29. The molecule has 3 rings (SSSR count). The second-order valence-corrected chi connectivity index (χ2v) is 5.83. The van der Waals surface area contributed by atoms with E-state index in [1.54, 1.807) is 28.0 Å². The Bertz CT molecular complexity index is 789. The molecule has 1 saturated heterocycles. The van der Waals surface area contributed by atoms with Crippen molar-refractivity contribution >= 4 is 11.6 Å². The highest BCUT2D eigenvalue weighted by Gasteiger charge is 2.25. The molecule has 0 spiro atoms. The summed E-state index contributed by atoms with van der Waals surface area (Å²) in [6.07, 6.45) is -0.0494. The molecule has 2 aromatic rings. The molecule has 0 N–H and O–H groups in total. The fourth-order valence-corrected chi connectivity index (χ4v) is 2.87. The minimum Gasteiger partial charge on any atom is -0.366 e. The standard InChI is InChI=1S/C18H16F4N2O/c19-13-4-2-1-3-12(13)11-16(25)24-9-7-23(8-10-24)15-6-5-14(20)17(21)18(15)22/h1-6H,7-11H2. The van der Waals surface area contributed by atoms with E-state index in [0.29, 0.717) is 18.7 Å². The zero-order valence-corrected chi connectivity index (χ0v) is 13.3. The molecule has 0 aliphatic carbocycles. The lowest BCUT2D eigenvalue weighted by Gasteiger charge is -2.36. The summed E-state index contributed by atoms with van der Waals surface area (Å²) in [7, 11) is 0. The number of anilines is 1. The first-order chi connectivity index (χ1) is 12.0. The molecule has 0 atom stereocenters. The van der Waals surface area contributed by atoms with Crippen molar-refractivity contribution < 1.29 is 22.4 Å². The van der Waals surface area contributed by atoms with Gasteiger partial charge in [-0.2, -0.15) is 0 Å². The molecule has 0 radical (unpaired) electrons. The van der Waals surface area contributed by atoms with Crippen molar-refractivity contribution in [2.75, 3.05) is 31.1 Å². The number of halogens is 4. The van der Waals surface area contributed by atoms with E-state index in [1.165, 1.54) is 12.1 Å². The van der Waals surface area contributed by atoms with E-state index in [2.05, 4.69) is 0 Å². The van der Waals surface area contributed by atoms with Crippen LogP contribution in [-0.4, -0.2) is 37.0 Å². The van der Waals surface area contributed by atoms with Crippen LogP contribution >= 0.6 is 0 Å². The highest BCUT2D eigenvalue weighted by molar-refractivity contribution is 5.79. The van der Waals surface area contributed by atoms with Crippen LogP contribution in [0, 0.1) is 23.3 Å². The van der Waals surface area contributed by atoms with E-state index in [1.807, 2.05) is 0 Å². The summed E-state index contributed by atoms with van der Waals surface area (Å²) >= 11 is 0. The average Bonchev–Trinajstić information content (AvgIpc) is 2.62. The van der Waals surface area contributed by atoms with Crippen molar-refractivity contribution in [2.45, 2.75) is 6.42 Å². The van der Waals surface area contributed by atoms with E-state index in [4.69, 9.17) is 0 Å². The Morgan fingerprint density at radius 2 is 1.52 bits per heavy atom. The molecule has 25 heavy (non-hydrogen) atoms. The number of rotatable bonds is 3. The third kappa shape index (κ3) is 3.60. The summed E-state index contributed by atoms with van der Waals surface area (Å²) < 4.78 is 53.9. The normalized spacial score (nSPS) is 14.7. The zero-order valence-electron chi connectivity index (χ0n) is 13.3. The van der Waals surface area contributed by atoms with Crippen molar-refractivity contribution in [3.8, 4) is 0 Å². The van der Waals surface area contributed by atoms with E-state index < -0.39 is 23.3 Å². The van der Waals surface area contributed by atoms with Crippen molar-refractivity contribution in [3.05, 3.63) is 65.2 Å². The number of piperazine rings is 1. The molecule has 1 heterocycles. The first-order valence-corrected chi connectivity index (χ1v) is 7.87. The van der Waals surface area contributed by atoms with Gasteiger partial charge in [0.25, 0.3) is 0 Å². The highest BCUT2D eigenvalue weighted by atomic mass is 19.2. The van der Waals surface area contributed by atoms with Gasteiger partial charge in [0.2, 0.25) is 5.91 Å². The minimum atomic E-state index is -1.50. The topological polar surface area (TPSA) is 23.6 Å². The van der Waals surface area contributed by atoms with Crippen molar-refractivity contribution in [2.24, 2.45) is 0 Å². The Kier molecular flexibility index (Phi) is 4.92. The SMILES string of the molecule is O=C(Cc1ccccc1F)N1CCN(c2ccc(F)c(F)c2F)CC1. The van der Waals surface area contributed by atoms with Crippen LogP contribution in [0.2, 0.25) is 0 Å². The Balaban J connectivity index is 1.63. The van der Waals surface area contributed by atoms with Crippen molar-refractivity contribution in [3.63, 3.8) is 0 Å². The number of hydrogen-bond donors (Lipinski definition) is 0. The van der Waals surface area contributed by atoms with Gasteiger partial charge < -0.3 is 9.80 Å². The molecule has 132 valence electrons. The molecule has 1 aliphatic heterocycles. The van der Waals surface area contributed by atoms with E-state index in [0.717, 1.165) is 6.07 Å². The van der Waals surface area contributed by atoms with Crippen LogP contribution in [0.4, 0.5) is 23.2 Å². The van der Waals surface area contributed by atoms with Gasteiger partial charge in [0.05, 0.1) is 12.1 Å². The zero-order chi connectivity index (χ0) is 18.0. The fourth-order valence-electron chi connectivity index (χ4n) is 2.87. The van der Waals surface area contributed by atoms with Gasteiger partial charge in [0, 0.05) is 26.2 Å². The Morgan fingerprint density at radius 1 is 0.840 bits per heavy atom. The van der Waals surface area contributed by atoms with Crippen LogP contribution < -0.4 is 4.90 Å². The molecule has 3 nitrogen and oxygen atoms in total. The van der Waals surface area contributed by atoms with Crippen LogP contribution in [-0.2, 0) is 11.2 Å². The fraction of sp³-hybridized carbons (Fsp3) is 0.278. The van der Waals surface area contributed by atoms with Gasteiger partial charge in [-0.15, -0.1) is 0 Å². The molecular weight excluding hydrogens is 336 g/mol. The van der Waals surface area contributed by atoms with E-state index >= 15 is 0 Å². The maximum Gasteiger partial charge on any atom is 0.227 e. The summed E-state index contributed by atoms with van der Waals surface area (Å²) in [4.78, 5) is 15.4. The molecule has 0 unspecified atom stereocenters. The molecule has 1 aliphatic rings. The molecule has 7 heteroatoms.